The molecule has 0 bridgehead atoms. The second kappa shape index (κ2) is 5.60. The van der Waals surface area contributed by atoms with Crippen LogP contribution in [-0.2, 0) is 19.4 Å². The smallest absolute Gasteiger partial charge is 0.124 e. The molecule has 2 aliphatic rings. The number of pyridine rings is 1. The first-order valence-corrected chi connectivity index (χ1v) is 8.11. The van der Waals surface area contributed by atoms with Crippen LogP contribution in [0.5, 0.6) is 0 Å². The molecule has 2 aromatic heterocycles. The largest absolute Gasteiger partial charge is 0.344 e. The van der Waals surface area contributed by atoms with Gasteiger partial charge < -0.3 is 4.98 Å². The van der Waals surface area contributed by atoms with E-state index in [2.05, 4.69) is 20.9 Å². The van der Waals surface area contributed by atoms with Gasteiger partial charge in [-0.15, -0.1) is 0 Å². The first-order valence-electron chi connectivity index (χ1n) is 8.11. The summed E-state index contributed by atoms with van der Waals surface area (Å²) in [5.41, 5.74) is 4.01. The van der Waals surface area contributed by atoms with Crippen LogP contribution in [0.1, 0.15) is 54.5 Å². The predicted molar refractivity (Wildman–Crippen MR) is 81.9 cm³/mol. The summed E-state index contributed by atoms with van der Waals surface area (Å²) >= 11 is 0. The number of hydrogen-bond acceptors (Lipinski definition) is 3. The van der Waals surface area contributed by atoms with Crippen molar-refractivity contribution in [3.05, 3.63) is 47.3 Å². The molecule has 4 rings (SSSR count). The minimum absolute atomic E-state index is 0.454. The molecule has 0 aromatic carbocycles. The highest BCUT2D eigenvalue weighted by Gasteiger charge is 2.29. The van der Waals surface area contributed by atoms with Crippen LogP contribution < -0.4 is 0 Å². The normalized spacial score (nSPS) is 22.4. The molecule has 1 aliphatic carbocycles. The monoisotopic (exact) mass is 282 g/mol. The number of aromatic amines is 1. The van der Waals surface area contributed by atoms with Gasteiger partial charge in [-0.2, -0.15) is 0 Å². The Labute approximate surface area is 125 Å². The summed E-state index contributed by atoms with van der Waals surface area (Å²) in [6.07, 6.45) is 11.2. The van der Waals surface area contributed by atoms with Gasteiger partial charge >= 0.3 is 0 Å². The molecule has 21 heavy (non-hydrogen) atoms. The third-order valence-electron chi connectivity index (χ3n) is 4.76. The number of nitrogens with zero attached hydrogens (tertiary/aromatic N) is 3. The lowest BCUT2D eigenvalue weighted by Gasteiger charge is -2.22. The fraction of sp³-hybridized carbons (Fsp3) is 0.529. The molecule has 1 aliphatic heterocycles. The summed E-state index contributed by atoms with van der Waals surface area (Å²) in [5, 5.41) is 0. The molecule has 1 N–H and O–H groups in total. The molecule has 3 heterocycles. The number of aryl methyl sites for hydroxylation is 2. The van der Waals surface area contributed by atoms with Crippen LogP contribution in [0.2, 0.25) is 0 Å². The van der Waals surface area contributed by atoms with Gasteiger partial charge in [0.2, 0.25) is 0 Å². The Kier molecular flexibility index (Phi) is 3.47. The molecule has 0 amide bonds. The zero-order chi connectivity index (χ0) is 14.1. The topological polar surface area (TPSA) is 44.8 Å². The Balaban J connectivity index is 1.54. The number of hydrogen-bond donors (Lipinski definition) is 1. The Morgan fingerprint density at radius 3 is 3.05 bits per heavy atom. The lowest BCUT2D eigenvalue weighted by molar-refractivity contribution is 0.240. The van der Waals surface area contributed by atoms with Crippen LogP contribution in [0, 0.1) is 0 Å². The summed E-state index contributed by atoms with van der Waals surface area (Å²) in [6.45, 7) is 2.13. The van der Waals surface area contributed by atoms with Crippen molar-refractivity contribution in [3.8, 4) is 0 Å². The third kappa shape index (κ3) is 2.60. The van der Waals surface area contributed by atoms with E-state index in [9.17, 15) is 0 Å². The maximum absolute atomic E-state index is 4.91. The van der Waals surface area contributed by atoms with Gasteiger partial charge in [0.25, 0.3) is 0 Å². The SMILES string of the molecule is c1cncc(CN2CCCC2c2nc3c([nH]2)CCCC3)c1. The first kappa shape index (κ1) is 13.0. The van der Waals surface area contributed by atoms with E-state index in [1.807, 2.05) is 18.5 Å². The van der Waals surface area contributed by atoms with E-state index in [4.69, 9.17) is 4.98 Å². The van der Waals surface area contributed by atoms with Crippen molar-refractivity contribution in [2.45, 2.75) is 51.1 Å². The maximum atomic E-state index is 4.91. The standard InChI is InChI=1S/C17H22N4/c1-2-7-15-14(6-1)19-17(20-15)16-8-4-10-21(16)12-13-5-3-9-18-11-13/h3,5,9,11,16H,1-2,4,6-8,10,12H2,(H,19,20). The van der Waals surface area contributed by atoms with Crippen LogP contribution >= 0.6 is 0 Å². The summed E-state index contributed by atoms with van der Waals surface area (Å²) in [6, 6.07) is 4.64. The highest BCUT2D eigenvalue weighted by atomic mass is 15.2. The fourth-order valence-corrected chi connectivity index (χ4v) is 3.68. The van der Waals surface area contributed by atoms with Crippen molar-refractivity contribution in [2.75, 3.05) is 6.54 Å². The Bertz CT molecular complexity index is 581. The van der Waals surface area contributed by atoms with Crippen LogP contribution in [0.15, 0.2) is 24.5 Å². The van der Waals surface area contributed by atoms with Gasteiger partial charge in [-0.25, -0.2) is 4.98 Å². The van der Waals surface area contributed by atoms with Gasteiger partial charge in [0.05, 0.1) is 11.7 Å². The molecule has 1 saturated heterocycles. The van der Waals surface area contributed by atoms with Crippen molar-refractivity contribution in [1.29, 1.82) is 0 Å². The number of aromatic nitrogens is 3. The molecule has 0 spiro atoms. The molecule has 1 atom stereocenters. The number of imidazole rings is 1. The molecule has 1 unspecified atom stereocenters. The third-order valence-corrected chi connectivity index (χ3v) is 4.76. The second-order valence-corrected chi connectivity index (χ2v) is 6.24. The van der Waals surface area contributed by atoms with E-state index in [1.165, 1.54) is 54.9 Å². The summed E-state index contributed by atoms with van der Waals surface area (Å²) in [5.74, 6) is 1.20. The van der Waals surface area contributed by atoms with E-state index in [0.29, 0.717) is 6.04 Å². The number of likely N-dealkylation sites (tertiary alicyclic amines) is 1. The predicted octanol–water partition coefficient (Wildman–Crippen LogP) is 3.02. The minimum Gasteiger partial charge on any atom is -0.344 e. The molecular formula is C17H22N4. The van der Waals surface area contributed by atoms with Crippen LogP contribution in [0.3, 0.4) is 0 Å². The van der Waals surface area contributed by atoms with Crippen molar-refractivity contribution >= 4 is 0 Å². The van der Waals surface area contributed by atoms with E-state index in [0.717, 1.165) is 19.5 Å². The number of fused-ring (bicyclic) bond motifs is 1. The number of H-pyrrole nitrogens is 1. The molecule has 4 nitrogen and oxygen atoms in total. The van der Waals surface area contributed by atoms with Gasteiger partial charge in [0, 0.05) is 24.6 Å². The zero-order valence-electron chi connectivity index (χ0n) is 12.4. The molecule has 0 radical (unpaired) electrons. The Hall–Kier alpha value is -1.68. The zero-order valence-corrected chi connectivity index (χ0v) is 12.4. The maximum Gasteiger partial charge on any atom is 0.124 e. The molecule has 2 aromatic rings. The second-order valence-electron chi connectivity index (χ2n) is 6.24. The van der Waals surface area contributed by atoms with Gasteiger partial charge in [-0.3, -0.25) is 9.88 Å². The van der Waals surface area contributed by atoms with E-state index >= 15 is 0 Å². The fourth-order valence-electron chi connectivity index (χ4n) is 3.68. The molecule has 4 heteroatoms. The number of nitrogens with one attached hydrogen (secondary N) is 1. The Morgan fingerprint density at radius 2 is 2.19 bits per heavy atom. The first-order chi connectivity index (χ1) is 10.4. The molecule has 110 valence electrons. The van der Waals surface area contributed by atoms with E-state index in [-0.39, 0.29) is 0 Å². The average Bonchev–Trinajstić information content (AvgIpc) is 3.14. The highest BCUT2D eigenvalue weighted by molar-refractivity contribution is 5.20. The van der Waals surface area contributed by atoms with Crippen molar-refractivity contribution in [2.24, 2.45) is 0 Å². The van der Waals surface area contributed by atoms with E-state index in [1.54, 1.807) is 0 Å². The van der Waals surface area contributed by atoms with Crippen LogP contribution in [-0.4, -0.2) is 26.4 Å². The van der Waals surface area contributed by atoms with Gasteiger partial charge in [-0.05, 0) is 56.7 Å². The van der Waals surface area contributed by atoms with Gasteiger partial charge in [-0.1, -0.05) is 6.07 Å². The Morgan fingerprint density at radius 1 is 1.24 bits per heavy atom. The molecule has 0 saturated carbocycles. The van der Waals surface area contributed by atoms with Crippen molar-refractivity contribution < 1.29 is 0 Å². The summed E-state index contributed by atoms with van der Waals surface area (Å²) in [4.78, 5) is 15.3. The van der Waals surface area contributed by atoms with Crippen molar-refractivity contribution in [3.63, 3.8) is 0 Å². The summed E-state index contributed by atoms with van der Waals surface area (Å²) in [7, 11) is 0. The highest BCUT2D eigenvalue weighted by Crippen LogP contribution is 2.33. The quantitative estimate of drug-likeness (QED) is 0.941. The molecular weight excluding hydrogens is 260 g/mol. The average molecular weight is 282 g/mol. The molecule has 1 fully saturated rings. The van der Waals surface area contributed by atoms with Crippen LogP contribution in [0.25, 0.3) is 0 Å². The minimum atomic E-state index is 0.454. The lowest BCUT2D eigenvalue weighted by atomic mass is 10.0. The number of rotatable bonds is 3. The van der Waals surface area contributed by atoms with E-state index < -0.39 is 0 Å². The van der Waals surface area contributed by atoms with Gasteiger partial charge in [0.1, 0.15) is 5.82 Å². The van der Waals surface area contributed by atoms with Crippen molar-refractivity contribution in [1.82, 2.24) is 19.9 Å². The lowest BCUT2D eigenvalue weighted by Crippen LogP contribution is -2.23. The summed E-state index contributed by atoms with van der Waals surface area (Å²) < 4.78 is 0. The van der Waals surface area contributed by atoms with Crippen LogP contribution in [0.4, 0.5) is 0 Å². The van der Waals surface area contributed by atoms with Gasteiger partial charge in [0.15, 0.2) is 0 Å².